The molecule has 4 aromatic rings. The van der Waals surface area contributed by atoms with E-state index in [2.05, 4.69) is 27.4 Å². The number of benzene rings is 2. The zero-order valence-corrected chi connectivity index (χ0v) is 15.5. The number of para-hydroxylation sites is 1. The monoisotopic (exact) mass is 381 g/mol. The van der Waals surface area contributed by atoms with Gasteiger partial charge >= 0.3 is 0 Å². The molecule has 130 valence electrons. The third-order valence-electron chi connectivity index (χ3n) is 4.37. The molecule has 3 nitrogen and oxygen atoms in total. The van der Waals surface area contributed by atoms with Crippen molar-refractivity contribution in [2.75, 3.05) is 5.32 Å². The molecule has 4 rings (SSSR count). The second kappa shape index (κ2) is 7.40. The number of halogens is 2. The van der Waals surface area contributed by atoms with Crippen LogP contribution in [0, 0.1) is 0 Å². The van der Waals surface area contributed by atoms with Crippen LogP contribution < -0.4 is 5.32 Å². The lowest BCUT2D eigenvalue weighted by Gasteiger charge is -2.09. The van der Waals surface area contributed by atoms with E-state index in [1.54, 1.807) is 0 Å². The Balaban J connectivity index is 1.48. The summed E-state index contributed by atoms with van der Waals surface area (Å²) in [7, 11) is 0. The smallest absolute Gasteiger partial charge is 0.135 e. The number of hydrogen-bond donors (Lipinski definition) is 2. The number of fused-ring (bicyclic) bond motifs is 1. The second-order valence-electron chi connectivity index (χ2n) is 6.16. The number of anilines is 1. The van der Waals surface area contributed by atoms with Crippen LogP contribution in [0.3, 0.4) is 0 Å². The summed E-state index contributed by atoms with van der Waals surface area (Å²) in [6.45, 7) is 0.669. The van der Waals surface area contributed by atoms with Gasteiger partial charge in [-0.3, -0.25) is 0 Å². The average molecular weight is 382 g/mol. The predicted octanol–water partition coefficient (Wildman–Crippen LogP) is 6.07. The van der Waals surface area contributed by atoms with Gasteiger partial charge in [-0.25, -0.2) is 4.98 Å². The summed E-state index contributed by atoms with van der Waals surface area (Å²) < 4.78 is 0. The van der Waals surface area contributed by atoms with Crippen molar-refractivity contribution in [2.24, 2.45) is 0 Å². The maximum Gasteiger partial charge on any atom is 0.135 e. The number of rotatable bonds is 5. The molecule has 5 heteroatoms. The van der Waals surface area contributed by atoms with Crippen LogP contribution in [0.25, 0.3) is 10.9 Å². The van der Waals surface area contributed by atoms with E-state index in [0.717, 1.165) is 33.9 Å². The molecular formula is C21H17Cl2N3. The van der Waals surface area contributed by atoms with E-state index in [0.29, 0.717) is 11.7 Å². The number of pyridine rings is 1. The summed E-state index contributed by atoms with van der Waals surface area (Å²) in [5.41, 5.74) is 4.49. The standard InChI is InChI=1S/C21H17Cl2N3/c22-17-8-5-14(6-9-17)12-25-20-10-7-15(21(23)26-20)11-16-13-24-19-4-2-1-3-18(16)19/h1-10,13,24H,11-12H2,(H,25,26). The summed E-state index contributed by atoms with van der Waals surface area (Å²) in [4.78, 5) is 7.78. The van der Waals surface area contributed by atoms with Gasteiger partial charge in [-0.15, -0.1) is 0 Å². The molecule has 0 atom stereocenters. The topological polar surface area (TPSA) is 40.7 Å². The van der Waals surface area contributed by atoms with Crippen molar-refractivity contribution in [3.05, 3.63) is 93.7 Å². The van der Waals surface area contributed by atoms with Gasteiger partial charge < -0.3 is 10.3 Å². The molecule has 0 radical (unpaired) electrons. The zero-order valence-electron chi connectivity index (χ0n) is 14.0. The van der Waals surface area contributed by atoms with Crippen LogP contribution >= 0.6 is 23.2 Å². The first kappa shape index (κ1) is 17.0. The third kappa shape index (κ3) is 3.69. The maximum absolute atomic E-state index is 6.42. The molecule has 0 fully saturated rings. The summed E-state index contributed by atoms with van der Waals surface area (Å²) >= 11 is 12.3. The fourth-order valence-corrected chi connectivity index (χ4v) is 3.32. The van der Waals surface area contributed by atoms with Crippen LogP contribution in [0.4, 0.5) is 5.82 Å². The summed E-state index contributed by atoms with van der Waals surface area (Å²) in [6, 6.07) is 20.0. The molecule has 26 heavy (non-hydrogen) atoms. The van der Waals surface area contributed by atoms with Gasteiger partial charge in [-0.2, -0.15) is 0 Å². The van der Waals surface area contributed by atoms with E-state index in [9.17, 15) is 0 Å². The lowest BCUT2D eigenvalue weighted by molar-refractivity contribution is 1.09. The molecule has 2 aromatic carbocycles. The Hall–Kier alpha value is -2.49. The van der Waals surface area contributed by atoms with Gasteiger partial charge in [-0.1, -0.05) is 59.6 Å². The summed E-state index contributed by atoms with van der Waals surface area (Å²) in [5, 5.41) is 5.77. The predicted molar refractivity (Wildman–Crippen MR) is 109 cm³/mol. The van der Waals surface area contributed by atoms with Crippen LogP contribution in [0.2, 0.25) is 10.2 Å². The molecule has 0 aliphatic rings. The first-order valence-electron chi connectivity index (χ1n) is 8.38. The van der Waals surface area contributed by atoms with Gasteiger partial charge in [0.15, 0.2) is 0 Å². The molecule has 0 bridgehead atoms. The highest BCUT2D eigenvalue weighted by atomic mass is 35.5. The van der Waals surface area contributed by atoms with Crippen molar-refractivity contribution < 1.29 is 0 Å². The van der Waals surface area contributed by atoms with E-state index >= 15 is 0 Å². The second-order valence-corrected chi connectivity index (χ2v) is 6.96. The van der Waals surface area contributed by atoms with Crippen LogP contribution in [-0.2, 0) is 13.0 Å². The Morgan fingerprint density at radius 3 is 2.50 bits per heavy atom. The molecule has 0 unspecified atom stereocenters. The lowest BCUT2D eigenvalue weighted by atomic mass is 10.1. The third-order valence-corrected chi connectivity index (χ3v) is 4.95. The van der Waals surface area contributed by atoms with Gasteiger partial charge in [0, 0.05) is 35.1 Å². The number of aromatic nitrogens is 2. The molecule has 2 heterocycles. The lowest BCUT2D eigenvalue weighted by Crippen LogP contribution is -2.02. The number of aromatic amines is 1. The minimum absolute atomic E-state index is 0.524. The highest BCUT2D eigenvalue weighted by molar-refractivity contribution is 6.30. The van der Waals surface area contributed by atoms with Gasteiger partial charge in [-0.05, 0) is 41.0 Å². The van der Waals surface area contributed by atoms with E-state index in [1.807, 2.05) is 54.7 Å². The maximum atomic E-state index is 6.42. The Kier molecular flexibility index (Phi) is 4.83. The number of H-pyrrole nitrogens is 1. The van der Waals surface area contributed by atoms with Crippen LogP contribution in [0.1, 0.15) is 16.7 Å². The fraction of sp³-hybridized carbons (Fsp3) is 0.0952. The first-order chi connectivity index (χ1) is 12.7. The Morgan fingerprint density at radius 2 is 1.69 bits per heavy atom. The van der Waals surface area contributed by atoms with Crippen molar-refractivity contribution in [1.82, 2.24) is 9.97 Å². The van der Waals surface area contributed by atoms with E-state index in [-0.39, 0.29) is 0 Å². The van der Waals surface area contributed by atoms with Crippen LogP contribution in [0.5, 0.6) is 0 Å². The molecule has 0 aliphatic heterocycles. The van der Waals surface area contributed by atoms with Crippen molar-refractivity contribution in [3.63, 3.8) is 0 Å². The van der Waals surface area contributed by atoms with E-state index < -0.39 is 0 Å². The summed E-state index contributed by atoms with van der Waals surface area (Å²) in [5.74, 6) is 0.757. The SMILES string of the molecule is Clc1ccc(CNc2ccc(Cc3c[nH]c4ccccc34)c(Cl)n2)cc1. The van der Waals surface area contributed by atoms with Gasteiger partial charge in [0.25, 0.3) is 0 Å². The summed E-state index contributed by atoms with van der Waals surface area (Å²) in [6.07, 6.45) is 2.78. The number of hydrogen-bond acceptors (Lipinski definition) is 2. The minimum Gasteiger partial charge on any atom is -0.366 e. The molecule has 2 N–H and O–H groups in total. The molecule has 0 saturated carbocycles. The molecular weight excluding hydrogens is 365 g/mol. The molecule has 0 spiro atoms. The van der Waals surface area contributed by atoms with Gasteiger partial charge in [0.05, 0.1) is 0 Å². The zero-order chi connectivity index (χ0) is 17.9. The number of nitrogens with zero attached hydrogens (tertiary/aromatic N) is 1. The first-order valence-corrected chi connectivity index (χ1v) is 9.13. The molecule has 0 aliphatic carbocycles. The Bertz CT molecular complexity index is 1040. The van der Waals surface area contributed by atoms with E-state index in [1.165, 1.54) is 10.9 Å². The van der Waals surface area contributed by atoms with Crippen LogP contribution in [-0.4, -0.2) is 9.97 Å². The largest absolute Gasteiger partial charge is 0.366 e. The van der Waals surface area contributed by atoms with E-state index in [4.69, 9.17) is 23.2 Å². The highest BCUT2D eigenvalue weighted by Crippen LogP contribution is 2.25. The molecule has 0 amide bonds. The Morgan fingerprint density at radius 1 is 0.885 bits per heavy atom. The minimum atomic E-state index is 0.524. The normalized spacial score (nSPS) is 11.0. The number of nitrogens with one attached hydrogen (secondary N) is 2. The fourth-order valence-electron chi connectivity index (χ4n) is 2.97. The quantitative estimate of drug-likeness (QED) is 0.411. The van der Waals surface area contributed by atoms with Crippen molar-refractivity contribution >= 4 is 39.9 Å². The highest BCUT2D eigenvalue weighted by Gasteiger charge is 2.09. The van der Waals surface area contributed by atoms with Gasteiger partial charge in [0.2, 0.25) is 0 Å². The van der Waals surface area contributed by atoms with Crippen molar-refractivity contribution in [2.45, 2.75) is 13.0 Å². The van der Waals surface area contributed by atoms with Crippen molar-refractivity contribution in [1.29, 1.82) is 0 Å². The van der Waals surface area contributed by atoms with Crippen LogP contribution in [0.15, 0.2) is 66.9 Å². The Labute approximate surface area is 162 Å². The molecule has 2 aromatic heterocycles. The average Bonchev–Trinajstić information content (AvgIpc) is 3.06. The van der Waals surface area contributed by atoms with Gasteiger partial charge in [0.1, 0.15) is 11.0 Å². The van der Waals surface area contributed by atoms with Crippen molar-refractivity contribution in [3.8, 4) is 0 Å². The molecule has 0 saturated heterocycles.